The fraction of sp³-hybridized carbons (Fsp3) is 0.364. The number of nitrogens with two attached hydrogens (primary N) is 1. The molecule has 0 spiro atoms. The topological polar surface area (TPSA) is 75.6 Å². The Morgan fingerprint density at radius 2 is 1.80 bits per heavy atom. The Balaban J connectivity index is 0.00000128. The Morgan fingerprint density at radius 1 is 1.03 bits per heavy atom. The summed E-state index contributed by atoms with van der Waals surface area (Å²) in [5, 5.41) is 0. The normalized spacial score (nSPS) is 16.5. The summed E-state index contributed by atoms with van der Waals surface area (Å²) in [5.41, 5.74) is 10.7. The van der Waals surface area contributed by atoms with Crippen LogP contribution in [0.1, 0.15) is 24.8 Å². The van der Waals surface area contributed by atoms with Crippen LogP contribution in [0.3, 0.4) is 0 Å². The minimum absolute atomic E-state index is 0. The number of nitrogen functional groups attached to an aromatic ring is 1. The van der Waals surface area contributed by atoms with Crippen LogP contribution in [0.4, 0.5) is 17.4 Å². The number of rotatable bonds is 2. The summed E-state index contributed by atoms with van der Waals surface area (Å²) in [6, 6.07) is 14.3. The van der Waals surface area contributed by atoms with Crippen molar-refractivity contribution in [1.29, 1.82) is 0 Å². The molecule has 1 amide bonds. The maximum Gasteiger partial charge on any atom is 0.298 e. The Labute approximate surface area is 188 Å². The Bertz CT molecular complexity index is 998. The van der Waals surface area contributed by atoms with Crippen molar-refractivity contribution in [3.05, 3.63) is 48.0 Å². The van der Waals surface area contributed by atoms with Gasteiger partial charge < -0.3 is 20.0 Å². The number of carbonyl (C=O) groups excluding carboxylic acids is 1. The number of halogens is 2. The second kappa shape index (κ2) is 9.14. The van der Waals surface area contributed by atoms with Gasteiger partial charge in [-0.1, -0.05) is 18.2 Å². The number of anilines is 3. The molecule has 1 aromatic heterocycles. The monoisotopic (exact) mass is 448 g/mol. The number of carbonyl (C=O) groups is 1. The molecule has 2 aliphatic heterocycles. The number of piperidine rings is 1. The molecular formula is C22H26Cl2N4O2. The van der Waals surface area contributed by atoms with E-state index in [2.05, 4.69) is 9.88 Å². The number of para-hydroxylation sites is 2. The van der Waals surface area contributed by atoms with Gasteiger partial charge in [0, 0.05) is 36.9 Å². The van der Waals surface area contributed by atoms with Crippen LogP contribution in [0.5, 0.6) is 0 Å². The van der Waals surface area contributed by atoms with E-state index in [4.69, 9.17) is 10.2 Å². The van der Waals surface area contributed by atoms with Crippen LogP contribution >= 0.6 is 24.8 Å². The molecule has 3 aromatic rings. The van der Waals surface area contributed by atoms with Crippen molar-refractivity contribution >= 4 is 59.2 Å². The molecule has 6 nitrogen and oxygen atoms in total. The van der Waals surface area contributed by atoms with E-state index in [-0.39, 0.29) is 36.6 Å². The third kappa shape index (κ3) is 3.94. The summed E-state index contributed by atoms with van der Waals surface area (Å²) in [4.78, 5) is 21.9. The van der Waals surface area contributed by atoms with Gasteiger partial charge in [-0.15, -0.1) is 24.8 Å². The third-order valence-electron chi connectivity index (χ3n) is 5.95. The predicted molar refractivity (Wildman–Crippen MR) is 125 cm³/mol. The van der Waals surface area contributed by atoms with E-state index in [9.17, 15) is 4.79 Å². The number of benzene rings is 2. The molecule has 0 radical (unpaired) electrons. The molecule has 1 saturated heterocycles. The lowest BCUT2D eigenvalue weighted by Gasteiger charge is -2.36. The van der Waals surface area contributed by atoms with E-state index in [1.165, 1.54) is 0 Å². The molecule has 0 atom stereocenters. The zero-order valence-electron chi connectivity index (χ0n) is 16.6. The molecule has 2 aliphatic rings. The molecule has 1 fully saturated rings. The van der Waals surface area contributed by atoms with Gasteiger partial charge >= 0.3 is 0 Å². The van der Waals surface area contributed by atoms with Crippen LogP contribution in [0.25, 0.3) is 11.1 Å². The van der Waals surface area contributed by atoms with Gasteiger partial charge in [-0.05, 0) is 55.5 Å². The summed E-state index contributed by atoms with van der Waals surface area (Å²) in [7, 11) is 0. The van der Waals surface area contributed by atoms with E-state index < -0.39 is 0 Å². The molecule has 3 heterocycles. The number of fused-ring (bicyclic) bond motifs is 2. The number of aromatic nitrogens is 1. The number of amides is 1. The average Bonchev–Trinajstić information content (AvgIpc) is 3.18. The standard InChI is InChI=1S/C22H24N4O2.2ClH/c23-17-6-3-8-19-16(17)5-4-12-26(19)21(27)15-10-13-25(14-11-15)22-24-18-7-1-2-9-20(18)28-22;;/h1-3,6-9,15H,4-5,10-14,23H2;2*1H. The summed E-state index contributed by atoms with van der Waals surface area (Å²) >= 11 is 0. The van der Waals surface area contributed by atoms with Crippen molar-refractivity contribution in [3.8, 4) is 0 Å². The van der Waals surface area contributed by atoms with E-state index >= 15 is 0 Å². The molecule has 8 heteroatoms. The first-order valence-corrected chi connectivity index (χ1v) is 10.00. The number of nitrogens with zero attached hydrogens (tertiary/aromatic N) is 3. The van der Waals surface area contributed by atoms with Crippen LogP contribution in [-0.2, 0) is 11.2 Å². The second-order valence-corrected chi connectivity index (χ2v) is 7.66. The van der Waals surface area contributed by atoms with E-state index in [0.29, 0.717) is 6.01 Å². The fourth-order valence-corrected chi connectivity index (χ4v) is 4.41. The van der Waals surface area contributed by atoms with Crippen molar-refractivity contribution in [2.24, 2.45) is 5.92 Å². The van der Waals surface area contributed by atoms with Gasteiger partial charge in [0.1, 0.15) is 5.52 Å². The molecule has 5 rings (SSSR count). The van der Waals surface area contributed by atoms with Gasteiger partial charge in [0.2, 0.25) is 5.91 Å². The van der Waals surface area contributed by atoms with E-state index in [1.54, 1.807) is 0 Å². The highest BCUT2D eigenvalue weighted by molar-refractivity contribution is 5.97. The highest BCUT2D eigenvalue weighted by Gasteiger charge is 2.32. The maximum absolute atomic E-state index is 13.2. The first-order chi connectivity index (χ1) is 13.7. The van der Waals surface area contributed by atoms with Gasteiger partial charge in [0.05, 0.1) is 0 Å². The van der Waals surface area contributed by atoms with Crippen LogP contribution in [0.2, 0.25) is 0 Å². The SMILES string of the molecule is Cl.Cl.Nc1cccc2c1CCCN2C(=O)C1CCN(c2nc3ccccc3o2)CC1. The highest BCUT2D eigenvalue weighted by Crippen LogP contribution is 2.34. The molecule has 2 aromatic carbocycles. The Kier molecular flexibility index (Phi) is 6.78. The third-order valence-corrected chi connectivity index (χ3v) is 5.95. The number of hydrogen-bond donors (Lipinski definition) is 1. The average molecular weight is 449 g/mol. The summed E-state index contributed by atoms with van der Waals surface area (Å²) in [6.07, 6.45) is 3.54. The summed E-state index contributed by atoms with van der Waals surface area (Å²) < 4.78 is 5.88. The lowest BCUT2D eigenvalue weighted by molar-refractivity contribution is -0.123. The van der Waals surface area contributed by atoms with Crippen LogP contribution < -0.4 is 15.5 Å². The quantitative estimate of drug-likeness (QED) is 0.585. The van der Waals surface area contributed by atoms with Crippen LogP contribution in [-0.4, -0.2) is 30.5 Å². The maximum atomic E-state index is 13.2. The zero-order valence-corrected chi connectivity index (χ0v) is 18.3. The van der Waals surface area contributed by atoms with Gasteiger partial charge in [0.15, 0.2) is 5.58 Å². The van der Waals surface area contributed by atoms with Crippen molar-refractivity contribution in [2.45, 2.75) is 25.7 Å². The largest absolute Gasteiger partial charge is 0.423 e. The highest BCUT2D eigenvalue weighted by atomic mass is 35.5. The predicted octanol–water partition coefficient (Wildman–Crippen LogP) is 4.45. The molecule has 0 saturated carbocycles. The van der Waals surface area contributed by atoms with Crippen molar-refractivity contribution in [1.82, 2.24) is 4.98 Å². The van der Waals surface area contributed by atoms with Crippen molar-refractivity contribution < 1.29 is 9.21 Å². The van der Waals surface area contributed by atoms with Gasteiger partial charge in [-0.3, -0.25) is 4.79 Å². The second-order valence-electron chi connectivity index (χ2n) is 7.66. The lowest BCUT2D eigenvalue weighted by Crippen LogP contribution is -2.44. The lowest BCUT2D eigenvalue weighted by atomic mass is 9.93. The molecule has 160 valence electrons. The molecule has 30 heavy (non-hydrogen) atoms. The zero-order chi connectivity index (χ0) is 19.1. The molecule has 2 N–H and O–H groups in total. The molecular weight excluding hydrogens is 423 g/mol. The van der Waals surface area contributed by atoms with Crippen molar-refractivity contribution in [2.75, 3.05) is 35.2 Å². The Hall–Kier alpha value is -2.44. The molecule has 0 bridgehead atoms. The van der Waals surface area contributed by atoms with Gasteiger partial charge in [-0.2, -0.15) is 4.98 Å². The van der Waals surface area contributed by atoms with Gasteiger partial charge in [0.25, 0.3) is 6.01 Å². The number of hydrogen-bond acceptors (Lipinski definition) is 5. The Morgan fingerprint density at radius 3 is 2.57 bits per heavy atom. The smallest absolute Gasteiger partial charge is 0.298 e. The molecule has 0 aliphatic carbocycles. The number of oxazole rings is 1. The summed E-state index contributed by atoms with van der Waals surface area (Å²) in [5.74, 6) is 0.261. The van der Waals surface area contributed by atoms with Crippen LogP contribution in [0.15, 0.2) is 46.9 Å². The first-order valence-electron chi connectivity index (χ1n) is 10.00. The fourth-order valence-electron chi connectivity index (χ4n) is 4.41. The van der Waals surface area contributed by atoms with Gasteiger partial charge in [-0.25, -0.2) is 0 Å². The van der Waals surface area contributed by atoms with E-state index in [0.717, 1.165) is 73.4 Å². The summed E-state index contributed by atoms with van der Waals surface area (Å²) in [6.45, 7) is 2.34. The molecule has 0 unspecified atom stereocenters. The van der Waals surface area contributed by atoms with Crippen LogP contribution in [0, 0.1) is 5.92 Å². The van der Waals surface area contributed by atoms with E-state index in [1.807, 2.05) is 47.4 Å². The minimum atomic E-state index is 0. The first kappa shape index (κ1) is 22.2. The minimum Gasteiger partial charge on any atom is -0.423 e. The van der Waals surface area contributed by atoms with Crippen molar-refractivity contribution in [3.63, 3.8) is 0 Å².